The minimum absolute atomic E-state index is 0.0361. The number of nitrogens with zero attached hydrogens (tertiary/aromatic N) is 2. The highest BCUT2D eigenvalue weighted by molar-refractivity contribution is 5.86. The van der Waals surface area contributed by atoms with Crippen LogP contribution in [0.25, 0.3) is 0 Å². The van der Waals surface area contributed by atoms with E-state index in [-0.39, 0.29) is 35.5 Å². The van der Waals surface area contributed by atoms with E-state index in [9.17, 15) is 14.7 Å². The van der Waals surface area contributed by atoms with Crippen molar-refractivity contribution in [1.29, 1.82) is 5.26 Å². The fourth-order valence-electron chi connectivity index (χ4n) is 1.69. The molecular formula is C14H17N3O4. The molecule has 0 fully saturated rings. The molecule has 0 spiro atoms. The Morgan fingerprint density at radius 3 is 2.71 bits per heavy atom. The Balaban J connectivity index is 2.88. The molecule has 1 aromatic heterocycles. The van der Waals surface area contributed by atoms with Gasteiger partial charge in [-0.2, -0.15) is 5.26 Å². The molecule has 7 nitrogen and oxygen atoms in total. The van der Waals surface area contributed by atoms with Gasteiger partial charge in [-0.1, -0.05) is 6.58 Å². The minimum Gasteiger partial charge on any atom is -0.493 e. The summed E-state index contributed by atoms with van der Waals surface area (Å²) in [6.07, 6.45) is 0.292. The van der Waals surface area contributed by atoms with Crippen LogP contribution in [0.4, 0.5) is 5.69 Å². The molecule has 0 amide bonds. The largest absolute Gasteiger partial charge is 0.493 e. The molecule has 1 rings (SSSR count). The van der Waals surface area contributed by atoms with Crippen molar-refractivity contribution in [3.05, 3.63) is 33.6 Å². The summed E-state index contributed by atoms with van der Waals surface area (Å²) in [7, 11) is 0. The van der Waals surface area contributed by atoms with E-state index >= 15 is 0 Å². The summed E-state index contributed by atoms with van der Waals surface area (Å²) in [5, 5.41) is 18.9. The molecule has 0 unspecified atom stereocenters. The number of nitrogens with two attached hydrogens (primary N) is 1. The number of aromatic hydroxyl groups is 1. The molecule has 7 heteroatoms. The lowest BCUT2D eigenvalue weighted by molar-refractivity contribution is -0.139. The van der Waals surface area contributed by atoms with Gasteiger partial charge in [-0.05, 0) is 20.3 Å². The first kappa shape index (κ1) is 16.3. The van der Waals surface area contributed by atoms with E-state index in [2.05, 4.69) is 6.58 Å². The predicted octanol–water partition coefficient (Wildman–Crippen LogP) is 0.826. The van der Waals surface area contributed by atoms with Gasteiger partial charge < -0.3 is 15.6 Å². The Bertz CT molecular complexity index is 683. The molecule has 0 aliphatic carbocycles. The molecule has 0 saturated heterocycles. The van der Waals surface area contributed by atoms with E-state index in [1.54, 1.807) is 0 Å². The Hall–Kier alpha value is -2.75. The topological polar surface area (TPSA) is 118 Å². The second kappa shape index (κ2) is 6.61. The molecule has 0 atom stereocenters. The van der Waals surface area contributed by atoms with Crippen molar-refractivity contribution in [3.8, 4) is 11.9 Å². The molecule has 112 valence electrons. The third-order valence-corrected chi connectivity index (χ3v) is 2.95. The minimum atomic E-state index is -0.574. The second-order valence-corrected chi connectivity index (χ2v) is 4.58. The summed E-state index contributed by atoms with van der Waals surface area (Å²) in [5.74, 6) is -0.951. The maximum atomic E-state index is 12.0. The van der Waals surface area contributed by atoms with Crippen LogP contribution in [0.5, 0.6) is 5.88 Å². The van der Waals surface area contributed by atoms with Gasteiger partial charge in [0.2, 0.25) is 5.88 Å². The van der Waals surface area contributed by atoms with Crippen LogP contribution in [-0.2, 0) is 16.1 Å². The van der Waals surface area contributed by atoms with Crippen LogP contribution >= 0.6 is 0 Å². The zero-order chi connectivity index (χ0) is 16.2. The number of carbonyl (C=O) groups is 1. The summed E-state index contributed by atoms with van der Waals surface area (Å²) in [6, 6.07) is 1.81. The fraction of sp³-hybridized carbons (Fsp3) is 0.357. The molecule has 21 heavy (non-hydrogen) atoms. The lowest BCUT2D eigenvalue weighted by atomic mass is 10.1. The van der Waals surface area contributed by atoms with Gasteiger partial charge in [-0.3, -0.25) is 9.36 Å². The quantitative estimate of drug-likeness (QED) is 0.471. The van der Waals surface area contributed by atoms with E-state index in [0.717, 1.165) is 4.57 Å². The van der Waals surface area contributed by atoms with Crippen LogP contribution in [0.2, 0.25) is 0 Å². The molecule has 1 aromatic rings. The molecule has 0 bridgehead atoms. The van der Waals surface area contributed by atoms with Crippen LogP contribution in [0.1, 0.15) is 24.5 Å². The van der Waals surface area contributed by atoms with Gasteiger partial charge >= 0.3 is 5.97 Å². The van der Waals surface area contributed by atoms with Crippen molar-refractivity contribution in [2.24, 2.45) is 0 Å². The SMILES string of the molecule is C=C(C)C(=O)OCCCn1c(O)c(C#N)c(C)c(N)c1=O. The van der Waals surface area contributed by atoms with Gasteiger partial charge in [0, 0.05) is 17.7 Å². The van der Waals surface area contributed by atoms with E-state index in [0.29, 0.717) is 6.42 Å². The zero-order valence-corrected chi connectivity index (χ0v) is 12.0. The maximum Gasteiger partial charge on any atom is 0.333 e. The number of pyridine rings is 1. The van der Waals surface area contributed by atoms with Crippen LogP contribution < -0.4 is 11.3 Å². The molecular weight excluding hydrogens is 274 g/mol. The Morgan fingerprint density at radius 1 is 1.57 bits per heavy atom. The first-order valence-electron chi connectivity index (χ1n) is 6.25. The average Bonchev–Trinajstić information content (AvgIpc) is 2.44. The molecule has 0 aromatic carbocycles. The average molecular weight is 291 g/mol. The van der Waals surface area contributed by atoms with Gasteiger partial charge in [-0.15, -0.1) is 0 Å². The standard InChI is InChI=1S/C14H17N3O4/c1-8(2)14(20)21-6-4-5-17-12(18)10(7-15)9(3)11(16)13(17)19/h18H,1,4-6,16H2,2-3H3. The number of esters is 1. The van der Waals surface area contributed by atoms with Crippen molar-refractivity contribution in [2.45, 2.75) is 26.8 Å². The van der Waals surface area contributed by atoms with E-state index < -0.39 is 17.4 Å². The second-order valence-electron chi connectivity index (χ2n) is 4.58. The Morgan fingerprint density at radius 2 is 2.19 bits per heavy atom. The van der Waals surface area contributed by atoms with Crippen molar-refractivity contribution < 1.29 is 14.6 Å². The first-order valence-corrected chi connectivity index (χ1v) is 6.25. The number of carbonyl (C=O) groups excluding carboxylic acids is 1. The van der Waals surface area contributed by atoms with E-state index in [1.807, 2.05) is 6.07 Å². The first-order chi connectivity index (χ1) is 9.81. The highest BCUT2D eigenvalue weighted by Gasteiger charge is 2.16. The third kappa shape index (κ3) is 3.42. The van der Waals surface area contributed by atoms with Crippen LogP contribution in [0, 0.1) is 18.3 Å². The highest BCUT2D eigenvalue weighted by atomic mass is 16.5. The van der Waals surface area contributed by atoms with Gasteiger partial charge in [0.15, 0.2) is 0 Å². The van der Waals surface area contributed by atoms with Crippen LogP contribution in [0.3, 0.4) is 0 Å². The molecule has 0 saturated carbocycles. The number of hydrogen-bond acceptors (Lipinski definition) is 6. The van der Waals surface area contributed by atoms with Gasteiger partial charge in [0.05, 0.1) is 6.61 Å². The van der Waals surface area contributed by atoms with Gasteiger partial charge in [0.25, 0.3) is 5.56 Å². The fourth-order valence-corrected chi connectivity index (χ4v) is 1.69. The Kier molecular flexibility index (Phi) is 5.13. The number of nitriles is 1. The maximum absolute atomic E-state index is 12.0. The summed E-state index contributed by atoms with van der Waals surface area (Å²) in [6.45, 7) is 6.60. The lowest BCUT2D eigenvalue weighted by Crippen LogP contribution is -2.26. The van der Waals surface area contributed by atoms with Gasteiger partial charge in [0.1, 0.15) is 17.3 Å². The normalized spacial score (nSPS) is 9.95. The lowest BCUT2D eigenvalue weighted by Gasteiger charge is -2.13. The molecule has 3 N–H and O–H groups in total. The number of anilines is 1. The third-order valence-electron chi connectivity index (χ3n) is 2.95. The summed E-state index contributed by atoms with van der Waals surface area (Å²) in [5.41, 5.74) is 5.47. The van der Waals surface area contributed by atoms with Crippen molar-refractivity contribution in [1.82, 2.24) is 4.57 Å². The van der Waals surface area contributed by atoms with Crippen molar-refractivity contribution >= 4 is 11.7 Å². The smallest absolute Gasteiger partial charge is 0.333 e. The van der Waals surface area contributed by atoms with Crippen LogP contribution in [0.15, 0.2) is 16.9 Å². The summed E-state index contributed by atoms with van der Waals surface area (Å²) >= 11 is 0. The Labute approximate surface area is 121 Å². The van der Waals surface area contributed by atoms with Crippen molar-refractivity contribution in [3.63, 3.8) is 0 Å². The number of ether oxygens (including phenoxy) is 1. The van der Waals surface area contributed by atoms with E-state index in [4.69, 9.17) is 15.7 Å². The van der Waals surface area contributed by atoms with E-state index in [1.165, 1.54) is 13.8 Å². The number of hydrogen-bond donors (Lipinski definition) is 2. The molecule has 0 aliphatic rings. The highest BCUT2D eigenvalue weighted by Crippen LogP contribution is 2.21. The van der Waals surface area contributed by atoms with Gasteiger partial charge in [-0.25, -0.2) is 4.79 Å². The molecule has 1 heterocycles. The number of rotatable bonds is 5. The predicted molar refractivity (Wildman–Crippen MR) is 76.6 cm³/mol. The molecule has 0 radical (unpaired) electrons. The molecule has 0 aliphatic heterocycles. The monoisotopic (exact) mass is 291 g/mol. The zero-order valence-electron chi connectivity index (χ0n) is 12.0. The number of aromatic nitrogens is 1. The summed E-state index contributed by atoms with van der Waals surface area (Å²) < 4.78 is 5.88. The summed E-state index contributed by atoms with van der Waals surface area (Å²) in [4.78, 5) is 23.1. The van der Waals surface area contributed by atoms with Crippen LogP contribution in [-0.4, -0.2) is 22.2 Å². The van der Waals surface area contributed by atoms with Crippen molar-refractivity contribution in [2.75, 3.05) is 12.3 Å². The number of nitrogen functional groups attached to an aromatic ring is 1.